The summed E-state index contributed by atoms with van der Waals surface area (Å²) in [6.45, 7) is 0. The van der Waals surface area contributed by atoms with E-state index < -0.39 is 0 Å². The smallest absolute Gasteiger partial charge is 0.274 e. The SMILES string of the molecule is CNc1ccnc(C(=O)Nc2ccccc2)c1. The summed E-state index contributed by atoms with van der Waals surface area (Å²) >= 11 is 0. The summed E-state index contributed by atoms with van der Waals surface area (Å²) in [4.78, 5) is 15.9. The van der Waals surface area contributed by atoms with Crippen molar-refractivity contribution in [2.75, 3.05) is 17.7 Å². The van der Waals surface area contributed by atoms with Gasteiger partial charge in [0.15, 0.2) is 0 Å². The van der Waals surface area contributed by atoms with Crippen LogP contribution in [0.25, 0.3) is 0 Å². The molecule has 2 rings (SSSR count). The molecule has 0 bridgehead atoms. The van der Waals surface area contributed by atoms with Gasteiger partial charge in [0.1, 0.15) is 5.69 Å². The summed E-state index contributed by atoms with van der Waals surface area (Å²) in [5.41, 5.74) is 2.01. The predicted octanol–water partition coefficient (Wildman–Crippen LogP) is 2.38. The summed E-state index contributed by atoms with van der Waals surface area (Å²) in [5, 5.41) is 5.75. The van der Waals surface area contributed by atoms with Crippen molar-refractivity contribution in [3.05, 3.63) is 54.4 Å². The Morgan fingerprint density at radius 3 is 2.59 bits per heavy atom. The minimum absolute atomic E-state index is 0.215. The molecule has 0 radical (unpaired) electrons. The molecule has 0 saturated heterocycles. The van der Waals surface area contributed by atoms with E-state index in [-0.39, 0.29) is 5.91 Å². The first-order valence-corrected chi connectivity index (χ1v) is 5.30. The topological polar surface area (TPSA) is 54.0 Å². The van der Waals surface area contributed by atoms with Gasteiger partial charge in [-0.2, -0.15) is 0 Å². The number of aromatic nitrogens is 1. The van der Waals surface area contributed by atoms with Gasteiger partial charge in [-0.25, -0.2) is 0 Å². The quantitative estimate of drug-likeness (QED) is 0.846. The molecule has 4 heteroatoms. The van der Waals surface area contributed by atoms with Gasteiger partial charge in [-0.1, -0.05) is 18.2 Å². The highest BCUT2D eigenvalue weighted by atomic mass is 16.1. The molecule has 1 aromatic carbocycles. The maximum atomic E-state index is 11.9. The van der Waals surface area contributed by atoms with Crippen LogP contribution in [0.1, 0.15) is 10.5 Å². The highest BCUT2D eigenvalue weighted by Crippen LogP contribution is 2.10. The van der Waals surface area contributed by atoms with Crippen molar-refractivity contribution < 1.29 is 4.79 Å². The van der Waals surface area contributed by atoms with Crippen LogP contribution in [-0.2, 0) is 0 Å². The Hall–Kier alpha value is -2.36. The largest absolute Gasteiger partial charge is 0.388 e. The van der Waals surface area contributed by atoms with Gasteiger partial charge in [0.25, 0.3) is 5.91 Å². The lowest BCUT2D eigenvalue weighted by atomic mass is 10.2. The molecule has 0 fully saturated rings. The Bertz CT molecular complexity index is 511. The van der Waals surface area contributed by atoms with Gasteiger partial charge in [-0.05, 0) is 24.3 Å². The lowest BCUT2D eigenvalue weighted by Crippen LogP contribution is -2.13. The Balaban J connectivity index is 2.14. The van der Waals surface area contributed by atoms with Crippen LogP contribution in [0.2, 0.25) is 0 Å². The second-order valence-corrected chi connectivity index (χ2v) is 3.50. The minimum atomic E-state index is -0.215. The average Bonchev–Trinajstić information content (AvgIpc) is 2.40. The number of hydrogen-bond donors (Lipinski definition) is 2. The highest BCUT2D eigenvalue weighted by molar-refractivity contribution is 6.03. The van der Waals surface area contributed by atoms with Crippen molar-refractivity contribution in [3.63, 3.8) is 0 Å². The Kier molecular flexibility index (Phi) is 3.35. The van der Waals surface area contributed by atoms with Crippen molar-refractivity contribution in [3.8, 4) is 0 Å². The van der Waals surface area contributed by atoms with Gasteiger partial charge in [-0.3, -0.25) is 9.78 Å². The summed E-state index contributed by atoms with van der Waals surface area (Å²) in [7, 11) is 1.80. The Labute approximate surface area is 99.7 Å². The molecule has 0 saturated carbocycles. The number of para-hydroxylation sites is 1. The first kappa shape index (κ1) is 11.1. The fourth-order valence-electron chi connectivity index (χ4n) is 1.43. The number of rotatable bonds is 3. The Morgan fingerprint density at radius 1 is 1.12 bits per heavy atom. The van der Waals surface area contributed by atoms with Crippen LogP contribution in [0.15, 0.2) is 48.7 Å². The molecule has 1 aromatic heterocycles. The zero-order valence-electron chi connectivity index (χ0n) is 9.47. The van der Waals surface area contributed by atoms with Crippen LogP contribution >= 0.6 is 0 Å². The molecule has 0 spiro atoms. The number of carbonyl (C=O) groups excluding carboxylic acids is 1. The number of nitrogens with zero attached hydrogens (tertiary/aromatic N) is 1. The van der Waals surface area contributed by atoms with E-state index in [4.69, 9.17) is 0 Å². The molecule has 2 aromatic rings. The van der Waals surface area contributed by atoms with Crippen LogP contribution in [0.4, 0.5) is 11.4 Å². The van der Waals surface area contributed by atoms with E-state index in [9.17, 15) is 4.79 Å². The molecule has 0 aliphatic carbocycles. The first-order valence-electron chi connectivity index (χ1n) is 5.30. The summed E-state index contributed by atoms with van der Waals surface area (Å²) < 4.78 is 0. The van der Waals surface area contributed by atoms with Crippen molar-refractivity contribution >= 4 is 17.3 Å². The summed E-state index contributed by atoms with van der Waals surface area (Å²) in [6, 6.07) is 12.8. The van der Waals surface area contributed by atoms with Crippen LogP contribution in [0.3, 0.4) is 0 Å². The normalized spacial score (nSPS) is 9.71. The zero-order chi connectivity index (χ0) is 12.1. The molecule has 4 nitrogen and oxygen atoms in total. The van der Waals surface area contributed by atoms with Gasteiger partial charge in [0.2, 0.25) is 0 Å². The van der Waals surface area contributed by atoms with E-state index in [0.717, 1.165) is 11.4 Å². The van der Waals surface area contributed by atoms with Crippen LogP contribution < -0.4 is 10.6 Å². The molecular weight excluding hydrogens is 214 g/mol. The maximum Gasteiger partial charge on any atom is 0.274 e. The van der Waals surface area contributed by atoms with Gasteiger partial charge in [-0.15, -0.1) is 0 Å². The zero-order valence-corrected chi connectivity index (χ0v) is 9.47. The Morgan fingerprint density at radius 2 is 1.88 bits per heavy atom. The molecule has 0 aliphatic rings. The molecule has 17 heavy (non-hydrogen) atoms. The fourth-order valence-corrected chi connectivity index (χ4v) is 1.43. The minimum Gasteiger partial charge on any atom is -0.388 e. The molecule has 86 valence electrons. The van der Waals surface area contributed by atoms with E-state index in [1.165, 1.54) is 0 Å². The first-order chi connectivity index (χ1) is 8.29. The van der Waals surface area contributed by atoms with Gasteiger partial charge in [0, 0.05) is 24.6 Å². The molecule has 1 amide bonds. The second kappa shape index (κ2) is 5.12. The number of hydrogen-bond acceptors (Lipinski definition) is 3. The van der Waals surface area contributed by atoms with Gasteiger partial charge in [0.05, 0.1) is 0 Å². The number of nitrogens with one attached hydrogen (secondary N) is 2. The van der Waals surface area contributed by atoms with Crippen molar-refractivity contribution in [2.45, 2.75) is 0 Å². The van der Waals surface area contributed by atoms with Crippen LogP contribution in [0, 0.1) is 0 Å². The fraction of sp³-hybridized carbons (Fsp3) is 0.0769. The average molecular weight is 227 g/mol. The van der Waals surface area contributed by atoms with Crippen molar-refractivity contribution in [1.29, 1.82) is 0 Å². The van der Waals surface area contributed by atoms with Gasteiger partial charge < -0.3 is 10.6 Å². The highest BCUT2D eigenvalue weighted by Gasteiger charge is 2.07. The van der Waals surface area contributed by atoms with E-state index in [1.807, 2.05) is 30.3 Å². The standard InChI is InChI=1S/C13H13N3O/c1-14-11-7-8-15-12(9-11)13(17)16-10-5-3-2-4-6-10/h2-9H,1H3,(H,14,15)(H,16,17). The monoisotopic (exact) mass is 227 g/mol. The molecule has 0 atom stereocenters. The van der Waals surface area contributed by atoms with Crippen LogP contribution in [-0.4, -0.2) is 17.9 Å². The van der Waals surface area contributed by atoms with Crippen molar-refractivity contribution in [1.82, 2.24) is 4.98 Å². The number of amides is 1. The van der Waals surface area contributed by atoms with E-state index in [1.54, 1.807) is 25.4 Å². The number of pyridine rings is 1. The third-order valence-electron chi connectivity index (χ3n) is 2.31. The third-order valence-corrected chi connectivity index (χ3v) is 2.31. The van der Waals surface area contributed by atoms with Gasteiger partial charge >= 0.3 is 0 Å². The molecule has 0 aliphatic heterocycles. The maximum absolute atomic E-state index is 11.9. The molecule has 1 heterocycles. The third kappa shape index (κ3) is 2.81. The molecule has 0 unspecified atom stereocenters. The summed E-state index contributed by atoms with van der Waals surface area (Å²) in [5.74, 6) is -0.215. The predicted molar refractivity (Wildman–Crippen MR) is 68.2 cm³/mol. The molecule has 2 N–H and O–H groups in total. The number of benzene rings is 1. The number of carbonyl (C=O) groups is 1. The number of anilines is 2. The lowest BCUT2D eigenvalue weighted by Gasteiger charge is -2.05. The second-order valence-electron chi connectivity index (χ2n) is 3.50. The van der Waals surface area contributed by atoms with E-state index in [0.29, 0.717) is 5.69 Å². The van der Waals surface area contributed by atoms with E-state index in [2.05, 4.69) is 15.6 Å². The molecular formula is C13H13N3O. The van der Waals surface area contributed by atoms with Crippen LogP contribution in [0.5, 0.6) is 0 Å². The van der Waals surface area contributed by atoms with Crippen molar-refractivity contribution in [2.24, 2.45) is 0 Å². The van der Waals surface area contributed by atoms with E-state index >= 15 is 0 Å². The lowest BCUT2D eigenvalue weighted by molar-refractivity contribution is 0.102. The summed E-state index contributed by atoms with van der Waals surface area (Å²) in [6.07, 6.45) is 1.60.